The Labute approximate surface area is 183 Å². The molecule has 1 aliphatic carbocycles. The van der Waals surface area contributed by atoms with E-state index in [0.29, 0.717) is 11.3 Å². The van der Waals surface area contributed by atoms with Gasteiger partial charge in [0.2, 0.25) is 10.0 Å². The van der Waals surface area contributed by atoms with Crippen LogP contribution in [0.1, 0.15) is 44.2 Å². The van der Waals surface area contributed by atoms with Gasteiger partial charge < -0.3 is 9.30 Å². The highest BCUT2D eigenvalue weighted by Gasteiger charge is 2.28. The fraction of sp³-hybridized carbons (Fsp3) is 0.391. The van der Waals surface area contributed by atoms with Gasteiger partial charge in [0.05, 0.1) is 12.0 Å². The summed E-state index contributed by atoms with van der Waals surface area (Å²) in [7, 11) is -1.99. The molecule has 4 rings (SSSR count). The zero-order valence-corrected chi connectivity index (χ0v) is 18.7. The average Bonchev–Trinajstić information content (AvgIpc) is 3.33. The van der Waals surface area contributed by atoms with E-state index < -0.39 is 10.0 Å². The van der Waals surface area contributed by atoms with Gasteiger partial charge >= 0.3 is 0 Å². The highest BCUT2D eigenvalue weighted by Crippen LogP contribution is 2.31. The van der Waals surface area contributed by atoms with Gasteiger partial charge in [-0.15, -0.1) is 10.2 Å². The van der Waals surface area contributed by atoms with Crippen molar-refractivity contribution in [3.8, 4) is 16.9 Å². The number of hydrogen-bond acceptors (Lipinski definition) is 5. The molecule has 0 radical (unpaired) electrons. The lowest BCUT2D eigenvalue weighted by molar-refractivity contribution is 0.305. The SMILES string of the molecule is CCc1cc(-c2cccc(OC)c2)ccc1S(=O)(=O)N[C@H]1CCC[C@@H](n2cnnc2)C1. The minimum absolute atomic E-state index is 0.103. The minimum Gasteiger partial charge on any atom is -0.497 e. The van der Waals surface area contributed by atoms with Gasteiger partial charge in [-0.3, -0.25) is 0 Å². The van der Waals surface area contributed by atoms with Crippen molar-refractivity contribution in [3.05, 3.63) is 60.7 Å². The van der Waals surface area contributed by atoms with Gasteiger partial charge in [-0.2, -0.15) is 0 Å². The van der Waals surface area contributed by atoms with E-state index in [1.54, 1.807) is 25.8 Å². The lowest BCUT2D eigenvalue weighted by Crippen LogP contribution is -2.39. The Kier molecular flexibility index (Phi) is 6.38. The van der Waals surface area contributed by atoms with Gasteiger partial charge in [0.25, 0.3) is 0 Å². The first kappa shape index (κ1) is 21.5. The predicted molar refractivity (Wildman–Crippen MR) is 119 cm³/mol. The fourth-order valence-corrected chi connectivity index (χ4v) is 5.90. The number of methoxy groups -OCH3 is 1. The number of aromatic nitrogens is 3. The molecule has 2 atom stereocenters. The lowest BCUT2D eigenvalue weighted by atomic mass is 9.91. The van der Waals surface area contributed by atoms with Crippen molar-refractivity contribution in [2.45, 2.75) is 56.0 Å². The predicted octanol–water partition coefficient (Wildman–Crippen LogP) is 3.98. The van der Waals surface area contributed by atoms with Gasteiger partial charge in [0.15, 0.2) is 0 Å². The maximum absolute atomic E-state index is 13.3. The summed E-state index contributed by atoms with van der Waals surface area (Å²) in [6, 6.07) is 13.4. The number of sulfonamides is 1. The molecule has 0 saturated heterocycles. The Bertz CT molecular complexity index is 1130. The topological polar surface area (TPSA) is 86.1 Å². The molecule has 164 valence electrons. The molecule has 0 aliphatic heterocycles. The number of hydrogen-bond donors (Lipinski definition) is 1. The van der Waals surface area contributed by atoms with E-state index in [0.717, 1.165) is 48.1 Å². The Morgan fingerprint density at radius 3 is 2.61 bits per heavy atom. The highest BCUT2D eigenvalue weighted by atomic mass is 32.2. The largest absolute Gasteiger partial charge is 0.497 e. The average molecular weight is 441 g/mol. The van der Waals surface area contributed by atoms with Crippen molar-refractivity contribution in [2.75, 3.05) is 7.11 Å². The number of nitrogens with one attached hydrogen (secondary N) is 1. The van der Waals surface area contributed by atoms with Crippen LogP contribution in [0.15, 0.2) is 60.0 Å². The zero-order valence-electron chi connectivity index (χ0n) is 17.9. The van der Waals surface area contributed by atoms with Crippen LogP contribution in [0.5, 0.6) is 5.75 Å². The van der Waals surface area contributed by atoms with E-state index in [1.165, 1.54) is 0 Å². The van der Waals surface area contributed by atoms with E-state index in [2.05, 4.69) is 14.9 Å². The van der Waals surface area contributed by atoms with Crippen molar-refractivity contribution < 1.29 is 13.2 Å². The summed E-state index contributed by atoms with van der Waals surface area (Å²) in [5, 5.41) is 7.76. The second-order valence-corrected chi connectivity index (χ2v) is 9.64. The summed E-state index contributed by atoms with van der Waals surface area (Å²) in [4.78, 5) is 0.355. The van der Waals surface area contributed by atoms with Crippen molar-refractivity contribution in [1.29, 1.82) is 0 Å². The first-order valence-electron chi connectivity index (χ1n) is 10.6. The van der Waals surface area contributed by atoms with Crippen LogP contribution >= 0.6 is 0 Å². The molecule has 1 aromatic heterocycles. The molecule has 3 aromatic rings. The van der Waals surface area contributed by atoms with Gasteiger partial charge in [-0.05, 0) is 73.1 Å². The number of nitrogens with zero attached hydrogens (tertiary/aromatic N) is 3. The first-order chi connectivity index (χ1) is 15.0. The summed E-state index contributed by atoms with van der Waals surface area (Å²) in [5.74, 6) is 0.772. The molecule has 1 heterocycles. The number of aryl methyl sites for hydroxylation is 1. The van der Waals surface area contributed by atoms with Gasteiger partial charge in [0.1, 0.15) is 18.4 Å². The van der Waals surface area contributed by atoms with Gasteiger partial charge in [-0.25, -0.2) is 13.1 Å². The molecule has 7 nitrogen and oxygen atoms in total. The quantitative estimate of drug-likeness (QED) is 0.601. The molecule has 8 heteroatoms. The molecule has 1 saturated carbocycles. The molecule has 0 bridgehead atoms. The molecule has 2 aromatic carbocycles. The van der Waals surface area contributed by atoms with Crippen LogP contribution in [0.25, 0.3) is 11.1 Å². The van der Waals surface area contributed by atoms with Crippen molar-refractivity contribution in [2.24, 2.45) is 0 Å². The fourth-order valence-electron chi connectivity index (χ4n) is 4.32. The molecule has 1 fully saturated rings. The first-order valence-corrected chi connectivity index (χ1v) is 12.1. The minimum atomic E-state index is -3.62. The van der Waals surface area contributed by atoms with Crippen LogP contribution in [-0.2, 0) is 16.4 Å². The summed E-state index contributed by atoms with van der Waals surface area (Å²) in [6.45, 7) is 1.98. The molecule has 0 spiro atoms. The molecular weight excluding hydrogens is 412 g/mol. The number of ether oxygens (including phenoxy) is 1. The Balaban J connectivity index is 1.56. The van der Waals surface area contributed by atoms with Crippen molar-refractivity contribution >= 4 is 10.0 Å². The van der Waals surface area contributed by atoms with Crippen molar-refractivity contribution in [3.63, 3.8) is 0 Å². The second kappa shape index (κ2) is 9.20. The summed E-state index contributed by atoms with van der Waals surface area (Å²) < 4.78 is 36.8. The highest BCUT2D eigenvalue weighted by molar-refractivity contribution is 7.89. The van der Waals surface area contributed by atoms with Crippen LogP contribution in [0.3, 0.4) is 0 Å². The van der Waals surface area contributed by atoms with Gasteiger partial charge in [0, 0.05) is 12.1 Å². The van der Waals surface area contributed by atoms with Gasteiger partial charge in [-0.1, -0.05) is 25.1 Å². The monoisotopic (exact) mass is 440 g/mol. The van der Waals surface area contributed by atoms with Crippen LogP contribution in [0.4, 0.5) is 0 Å². The van der Waals surface area contributed by atoms with Crippen LogP contribution in [-0.4, -0.2) is 36.3 Å². The molecule has 1 N–H and O–H groups in total. The van der Waals surface area contributed by atoms with E-state index in [9.17, 15) is 8.42 Å². The second-order valence-electron chi connectivity index (χ2n) is 7.96. The maximum atomic E-state index is 13.3. The summed E-state index contributed by atoms with van der Waals surface area (Å²) in [5.41, 5.74) is 2.77. The summed E-state index contributed by atoms with van der Waals surface area (Å²) in [6.07, 6.45) is 7.57. The lowest BCUT2D eigenvalue weighted by Gasteiger charge is -2.30. The Hall–Kier alpha value is -2.71. The van der Waals surface area contributed by atoms with Crippen LogP contribution in [0.2, 0.25) is 0 Å². The smallest absolute Gasteiger partial charge is 0.241 e. The van der Waals surface area contributed by atoms with E-state index in [-0.39, 0.29) is 12.1 Å². The van der Waals surface area contributed by atoms with E-state index in [4.69, 9.17) is 4.74 Å². The number of rotatable bonds is 7. The van der Waals surface area contributed by atoms with Crippen LogP contribution in [0, 0.1) is 0 Å². The third-order valence-corrected chi connectivity index (χ3v) is 7.58. The molecule has 1 aliphatic rings. The normalized spacial score (nSPS) is 19.3. The Morgan fingerprint density at radius 1 is 1.10 bits per heavy atom. The third-order valence-electron chi connectivity index (χ3n) is 5.96. The molecule has 0 unspecified atom stereocenters. The summed E-state index contributed by atoms with van der Waals surface area (Å²) >= 11 is 0. The van der Waals surface area contributed by atoms with Crippen LogP contribution < -0.4 is 9.46 Å². The van der Waals surface area contributed by atoms with E-state index >= 15 is 0 Å². The molecular formula is C23H28N4O3S. The van der Waals surface area contributed by atoms with Crippen molar-refractivity contribution in [1.82, 2.24) is 19.5 Å². The molecule has 0 amide bonds. The maximum Gasteiger partial charge on any atom is 0.241 e. The molecule has 31 heavy (non-hydrogen) atoms. The standard InChI is InChI=1S/C23H28N4O3S/c1-3-17-12-19(18-6-4-9-22(13-18)30-2)10-11-23(17)31(28,29)26-20-7-5-8-21(14-20)27-15-24-25-16-27/h4,6,9-13,15-16,20-21,26H,3,5,7-8,14H2,1-2H3/t20-,21+/m0/s1. The Morgan fingerprint density at radius 2 is 1.87 bits per heavy atom. The van der Waals surface area contributed by atoms with E-state index in [1.807, 2.05) is 47.9 Å². The third kappa shape index (κ3) is 4.80. The number of benzene rings is 2. The zero-order chi connectivity index (χ0) is 21.8.